The predicted octanol–water partition coefficient (Wildman–Crippen LogP) is 3.32. The number of carbonyl (C=O) groups is 1. The average molecular weight is 291 g/mol. The molecule has 0 aromatic heterocycles. The number of aliphatic hydroxyl groups is 1. The lowest BCUT2D eigenvalue weighted by atomic mass is 9.97. The quantitative estimate of drug-likeness (QED) is 0.790. The van der Waals surface area contributed by atoms with Crippen LogP contribution in [-0.4, -0.2) is 17.6 Å². The van der Waals surface area contributed by atoms with Gasteiger partial charge in [-0.2, -0.15) is 0 Å². The minimum Gasteiger partial charge on any atom is -0.384 e. The van der Waals surface area contributed by atoms with Crippen molar-refractivity contribution in [3.8, 4) is 11.8 Å². The van der Waals surface area contributed by atoms with E-state index in [1.54, 1.807) is 6.07 Å². The Kier molecular flexibility index (Phi) is 7.49. The maximum Gasteiger partial charge on any atom is 0.227 e. The number of carbonyl (C=O) groups excluding carboxylic acids is 1. The summed E-state index contributed by atoms with van der Waals surface area (Å²) in [5.41, 5.74) is 0.643. The van der Waals surface area contributed by atoms with Gasteiger partial charge in [-0.3, -0.25) is 4.79 Å². The van der Waals surface area contributed by atoms with E-state index < -0.39 is 5.82 Å². The van der Waals surface area contributed by atoms with Crippen LogP contribution in [0.2, 0.25) is 0 Å². The minimum absolute atomic E-state index is 0.0306. The van der Waals surface area contributed by atoms with Crippen LogP contribution in [0.25, 0.3) is 0 Å². The fourth-order valence-corrected chi connectivity index (χ4v) is 2.18. The van der Waals surface area contributed by atoms with E-state index in [4.69, 9.17) is 5.11 Å². The number of nitrogens with one attached hydrogen (secondary N) is 1. The van der Waals surface area contributed by atoms with E-state index in [1.807, 2.05) is 13.8 Å². The maximum absolute atomic E-state index is 13.8. The number of hydrogen-bond acceptors (Lipinski definition) is 2. The van der Waals surface area contributed by atoms with Crippen LogP contribution in [0.3, 0.4) is 0 Å². The Bertz CT molecular complexity index is 525. The molecule has 1 rings (SSSR count). The second kappa shape index (κ2) is 9.15. The molecule has 0 radical (unpaired) electrons. The summed E-state index contributed by atoms with van der Waals surface area (Å²) in [6.07, 6.45) is 3.56. The Morgan fingerprint density at radius 2 is 2.00 bits per heavy atom. The van der Waals surface area contributed by atoms with Gasteiger partial charge in [-0.1, -0.05) is 38.5 Å². The number of hydrogen-bond donors (Lipinski definition) is 2. The molecule has 3 nitrogen and oxygen atoms in total. The normalized spacial score (nSPS) is 10.1. The number of benzene rings is 1. The minimum atomic E-state index is -0.503. The van der Waals surface area contributed by atoms with E-state index in [0.29, 0.717) is 5.69 Å². The third-order valence-corrected chi connectivity index (χ3v) is 3.18. The molecule has 114 valence electrons. The lowest BCUT2D eigenvalue weighted by Gasteiger charge is -2.15. The maximum atomic E-state index is 13.8. The van der Waals surface area contributed by atoms with Crippen molar-refractivity contribution < 1.29 is 14.3 Å². The van der Waals surface area contributed by atoms with Gasteiger partial charge in [-0.05, 0) is 31.0 Å². The van der Waals surface area contributed by atoms with Crippen molar-refractivity contribution in [3.63, 3.8) is 0 Å². The largest absolute Gasteiger partial charge is 0.384 e. The molecule has 0 aliphatic carbocycles. The Labute approximate surface area is 125 Å². The van der Waals surface area contributed by atoms with Crippen LogP contribution < -0.4 is 5.32 Å². The molecule has 4 heteroatoms. The van der Waals surface area contributed by atoms with Gasteiger partial charge in [0.05, 0.1) is 5.56 Å². The highest BCUT2D eigenvalue weighted by molar-refractivity contribution is 5.92. The van der Waals surface area contributed by atoms with Gasteiger partial charge in [0, 0.05) is 11.6 Å². The zero-order valence-corrected chi connectivity index (χ0v) is 12.6. The molecule has 21 heavy (non-hydrogen) atoms. The van der Waals surface area contributed by atoms with Crippen molar-refractivity contribution in [1.82, 2.24) is 0 Å². The molecule has 1 aromatic carbocycles. The summed E-state index contributed by atoms with van der Waals surface area (Å²) in [4.78, 5) is 12.2. The molecule has 0 saturated heterocycles. The molecule has 0 fully saturated rings. The zero-order valence-electron chi connectivity index (χ0n) is 12.6. The van der Waals surface area contributed by atoms with Gasteiger partial charge >= 0.3 is 0 Å². The number of anilines is 1. The Morgan fingerprint density at radius 3 is 2.52 bits per heavy atom. The first kappa shape index (κ1) is 17.2. The van der Waals surface area contributed by atoms with Gasteiger partial charge in [0.1, 0.15) is 12.4 Å². The molecular formula is C17H22FNO2. The summed E-state index contributed by atoms with van der Waals surface area (Å²) in [7, 11) is 0. The van der Waals surface area contributed by atoms with Gasteiger partial charge in [0.2, 0.25) is 5.91 Å². The highest BCUT2D eigenvalue weighted by atomic mass is 19.1. The second-order valence-corrected chi connectivity index (χ2v) is 4.92. The number of amides is 1. The van der Waals surface area contributed by atoms with Crippen LogP contribution in [0, 0.1) is 23.6 Å². The number of rotatable bonds is 6. The van der Waals surface area contributed by atoms with Gasteiger partial charge in [-0.25, -0.2) is 4.39 Å². The summed E-state index contributed by atoms with van der Waals surface area (Å²) in [6.45, 7) is 3.78. The van der Waals surface area contributed by atoms with Crippen LogP contribution in [0.4, 0.5) is 10.1 Å². The third-order valence-electron chi connectivity index (χ3n) is 3.18. The second-order valence-electron chi connectivity index (χ2n) is 4.92. The molecule has 1 aromatic rings. The first-order valence-electron chi connectivity index (χ1n) is 7.32. The van der Waals surface area contributed by atoms with E-state index >= 15 is 0 Å². The smallest absolute Gasteiger partial charge is 0.227 e. The molecule has 0 spiro atoms. The van der Waals surface area contributed by atoms with E-state index in [2.05, 4.69) is 17.2 Å². The van der Waals surface area contributed by atoms with Crippen LogP contribution >= 0.6 is 0 Å². The third kappa shape index (κ3) is 5.57. The van der Waals surface area contributed by atoms with Gasteiger partial charge in [-0.15, -0.1) is 0 Å². The molecule has 0 aliphatic rings. The van der Waals surface area contributed by atoms with Crippen molar-refractivity contribution in [2.24, 2.45) is 5.92 Å². The summed E-state index contributed by atoms with van der Waals surface area (Å²) >= 11 is 0. The molecule has 0 aliphatic heterocycles. The fraction of sp³-hybridized carbons (Fsp3) is 0.471. The van der Waals surface area contributed by atoms with E-state index in [-0.39, 0.29) is 24.0 Å². The Balaban J connectivity index is 2.78. The molecule has 0 heterocycles. The highest BCUT2D eigenvalue weighted by Crippen LogP contribution is 2.18. The highest BCUT2D eigenvalue weighted by Gasteiger charge is 2.17. The van der Waals surface area contributed by atoms with Crippen molar-refractivity contribution in [2.75, 3.05) is 11.9 Å². The van der Waals surface area contributed by atoms with Crippen molar-refractivity contribution in [1.29, 1.82) is 0 Å². The molecule has 2 N–H and O–H groups in total. The summed E-state index contributed by atoms with van der Waals surface area (Å²) in [5, 5.41) is 11.4. The summed E-state index contributed by atoms with van der Waals surface area (Å²) in [5.74, 6) is 4.32. The number of halogens is 1. The molecule has 0 unspecified atom stereocenters. The predicted molar refractivity (Wildman–Crippen MR) is 82.3 cm³/mol. The van der Waals surface area contributed by atoms with Crippen molar-refractivity contribution in [2.45, 2.75) is 39.5 Å². The molecular weight excluding hydrogens is 269 g/mol. The van der Waals surface area contributed by atoms with Gasteiger partial charge < -0.3 is 10.4 Å². The van der Waals surface area contributed by atoms with Crippen molar-refractivity contribution in [3.05, 3.63) is 29.6 Å². The average Bonchev–Trinajstić information content (AvgIpc) is 2.46. The lowest BCUT2D eigenvalue weighted by Crippen LogP contribution is -2.22. The van der Waals surface area contributed by atoms with Crippen LogP contribution in [0.1, 0.15) is 45.1 Å². The molecule has 0 saturated carbocycles. The van der Waals surface area contributed by atoms with Crippen LogP contribution in [-0.2, 0) is 4.79 Å². The van der Waals surface area contributed by atoms with Gasteiger partial charge in [0.15, 0.2) is 0 Å². The Hall–Kier alpha value is -1.86. The Morgan fingerprint density at radius 1 is 1.33 bits per heavy atom. The molecule has 1 amide bonds. The molecule has 0 atom stereocenters. The van der Waals surface area contributed by atoms with Crippen molar-refractivity contribution >= 4 is 11.6 Å². The number of aliphatic hydroxyl groups excluding tert-OH is 1. The molecule has 0 bridgehead atoms. The van der Waals surface area contributed by atoms with E-state index in [0.717, 1.165) is 25.7 Å². The van der Waals surface area contributed by atoms with E-state index in [1.165, 1.54) is 12.1 Å². The van der Waals surface area contributed by atoms with Crippen LogP contribution in [0.5, 0.6) is 0 Å². The first-order valence-corrected chi connectivity index (χ1v) is 7.32. The topological polar surface area (TPSA) is 49.3 Å². The van der Waals surface area contributed by atoms with Gasteiger partial charge in [0.25, 0.3) is 0 Å². The fourth-order valence-electron chi connectivity index (χ4n) is 2.18. The first-order chi connectivity index (χ1) is 10.1. The monoisotopic (exact) mass is 291 g/mol. The van der Waals surface area contributed by atoms with Crippen LogP contribution in [0.15, 0.2) is 18.2 Å². The standard InChI is InChI=1S/C17H22FNO2/c1-3-6-14(7-4-2)17(21)19-15-10-9-13(8-5-11-20)16(18)12-15/h9-10,12,14,20H,3-4,6-7,11H2,1-2H3,(H,19,21). The summed E-state index contributed by atoms with van der Waals surface area (Å²) in [6, 6.07) is 4.38. The zero-order chi connectivity index (χ0) is 15.7. The lowest BCUT2D eigenvalue weighted by molar-refractivity contribution is -0.120. The SMILES string of the molecule is CCCC(CCC)C(=O)Nc1ccc(C#CCO)c(F)c1. The van der Waals surface area contributed by atoms with E-state index in [9.17, 15) is 9.18 Å². The summed E-state index contributed by atoms with van der Waals surface area (Å²) < 4.78 is 13.8.